The molecular weight excluding hydrogens is 374 g/mol. The zero-order valence-corrected chi connectivity index (χ0v) is 18.3. The highest BCUT2D eigenvalue weighted by atomic mass is 16.6. The van der Waals surface area contributed by atoms with Crippen molar-refractivity contribution >= 4 is 18.1 Å². The van der Waals surface area contributed by atoms with E-state index in [1.54, 1.807) is 16.7 Å². The number of ether oxygens (including phenoxy) is 2. The highest BCUT2D eigenvalue weighted by Gasteiger charge is 2.30. The molecule has 2 rings (SSSR count). The summed E-state index contributed by atoms with van der Waals surface area (Å²) >= 11 is 0. The Kier molecular flexibility index (Phi) is 8.40. The molecule has 1 atom stereocenters. The minimum Gasteiger partial charge on any atom is -0.450 e. The Bertz CT molecular complexity index is 582. The maximum Gasteiger partial charge on any atom is 0.410 e. The van der Waals surface area contributed by atoms with Gasteiger partial charge >= 0.3 is 12.2 Å². The normalized spacial score (nSPS) is 21.7. The van der Waals surface area contributed by atoms with Crippen molar-refractivity contribution < 1.29 is 19.1 Å². The molecule has 0 aromatic rings. The lowest BCUT2D eigenvalue weighted by Gasteiger charge is -2.36. The van der Waals surface area contributed by atoms with E-state index < -0.39 is 5.60 Å². The summed E-state index contributed by atoms with van der Waals surface area (Å²) in [4.78, 5) is 32.2. The fourth-order valence-corrected chi connectivity index (χ4v) is 3.63. The topological polar surface area (TPSA) is 109 Å². The van der Waals surface area contributed by atoms with Gasteiger partial charge in [-0.25, -0.2) is 9.59 Å². The van der Waals surface area contributed by atoms with E-state index >= 15 is 0 Å². The number of guanidine groups is 1. The predicted molar refractivity (Wildman–Crippen MR) is 112 cm³/mol. The maximum atomic E-state index is 12.5. The number of carbonyl (C=O) groups excluding carboxylic acids is 2. The second-order valence-corrected chi connectivity index (χ2v) is 8.65. The van der Waals surface area contributed by atoms with E-state index in [9.17, 15) is 9.59 Å². The van der Waals surface area contributed by atoms with Crippen LogP contribution >= 0.6 is 0 Å². The Morgan fingerprint density at radius 3 is 2.41 bits per heavy atom. The first kappa shape index (κ1) is 23.1. The predicted octanol–water partition coefficient (Wildman–Crippen LogP) is 2.30. The number of nitrogens with two attached hydrogens (primary N) is 1. The zero-order valence-electron chi connectivity index (χ0n) is 18.3. The number of nitrogens with one attached hydrogen (secondary N) is 1. The van der Waals surface area contributed by atoms with Crippen molar-refractivity contribution in [1.82, 2.24) is 15.1 Å². The molecule has 0 saturated carbocycles. The van der Waals surface area contributed by atoms with Crippen molar-refractivity contribution in [1.29, 1.82) is 0 Å². The summed E-state index contributed by atoms with van der Waals surface area (Å²) in [6, 6.07) is 0.183. The van der Waals surface area contributed by atoms with Crippen LogP contribution in [0.3, 0.4) is 0 Å². The molecule has 0 aliphatic carbocycles. The quantitative estimate of drug-likeness (QED) is 0.543. The average molecular weight is 412 g/mol. The van der Waals surface area contributed by atoms with Crippen molar-refractivity contribution in [2.24, 2.45) is 10.7 Å². The van der Waals surface area contributed by atoms with Gasteiger partial charge in [-0.15, -0.1) is 0 Å². The molecule has 2 heterocycles. The van der Waals surface area contributed by atoms with Gasteiger partial charge in [0.25, 0.3) is 0 Å². The van der Waals surface area contributed by atoms with Crippen LogP contribution in [0, 0.1) is 0 Å². The largest absolute Gasteiger partial charge is 0.450 e. The van der Waals surface area contributed by atoms with Gasteiger partial charge in [-0.2, -0.15) is 0 Å². The van der Waals surface area contributed by atoms with Gasteiger partial charge in [0.2, 0.25) is 0 Å². The number of rotatable bonds is 4. The fraction of sp³-hybridized carbons (Fsp3) is 0.850. The van der Waals surface area contributed by atoms with E-state index in [0.717, 1.165) is 32.1 Å². The Morgan fingerprint density at radius 1 is 1.10 bits per heavy atom. The lowest BCUT2D eigenvalue weighted by atomic mass is 10.0. The highest BCUT2D eigenvalue weighted by Crippen LogP contribution is 2.20. The van der Waals surface area contributed by atoms with Gasteiger partial charge in [-0.05, 0) is 59.8 Å². The van der Waals surface area contributed by atoms with Crippen LogP contribution in [0.25, 0.3) is 0 Å². The van der Waals surface area contributed by atoms with E-state index in [-0.39, 0.29) is 24.3 Å². The second-order valence-electron chi connectivity index (χ2n) is 8.65. The highest BCUT2D eigenvalue weighted by molar-refractivity contribution is 5.78. The Morgan fingerprint density at radius 2 is 1.79 bits per heavy atom. The molecule has 0 aromatic heterocycles. The van der Waals surface area contributed by atoms with Gasteiger partial charge in [0.15, 0.2) is 5.96 Å². The van der Waals surface area contributed by atoms with E-state index in [1.807, 2.05) is 20.8 Å². The molecule has 2 saturated heterocycles. The van der Waals surface area contributed by atoms with Gasteiger partial charge < -0.3 is 30.3 Å². The van der Waals surface area contributed by atoms with Crippen LogP contribution in [0.4, 0.5) is 9.59 Å². The Hall–Kier alpha value is -2.19. The van der Waals surface area contributed by atoms with E-state index in [4.69, 9.17) is 15.2 Å². The summed E-state index contributed by atoms with van der Waals surface area (Å²) in [7, 11) is 0. The van der Waals surface area contributed by atoms with Crippen molar-refractivity contribution in [3.05, 3.63) is 0 Å². The summed E-state index contributed by atoms with van der Waals surface area (Å²) < 4.78 is 10.6. The van der Waals surface area contributed by atoms with Crippen LogP contribution in [0.5, 0.6) is 0 Å². The van der Waals surface area contributed by atoms with Crippen molar-refractivity contribution in [3.63, 3.8) is 0 Å². The second kappa shape index (κ2) is 10.5. The van der Waals surface area contributed by atoms with E-state index in [0.29, 0.717) is 38.7 Å². The third kappa shape index (κ3) is 7.62. The zero-order chi connectivity index (χ0) is 21.4. The molecule has 9 nitrogen and oxygen atoms in total. The van der Waals surface area contributed by atoms with Gasteiger partial charge in [0.05, 0.1) is 19.2 Å². The minimum absolute atomic E-state index is 0.00427. The van der Waals surface area contributed by atoms with Crippen LogP contribution in [-0.4, -0.2) is 78.4 Å². The number of piperidine rings is 2. The Labute approximate surface area is 174 Å². The average Bonchev–Trinajstić information content (AvgIpc) is 2.66. The van der Waals surface area contributed by atoms with Crippen LogP contribution in [0.2, 0.25) is 0 Å². The number of aliphatic imine (C=N–C) groups is 1. The first-order valence-electron chi connectivity index (χ1n) is 10.7. The molecule has 2 aliphatic heterocycles. The lowest BCUT2D eigenvalue weighted by molar-refractivity contribution is 0.0109. The van der Waals surface area contributed by atoms with E-state index in [2.05, 4.69) is 10.3 Å². The van der Waals surface area contributed by atoms with Crippen molar-refractivity contribution in [3.8, 4) is 0 Å². The smallest absolute Gasteiger partial charge is 0.410 e. The lowest BCUT2D eigenvalue weighted by Crippen LogP contribution is -2.50. The molecule has 2 aliphatic rings. The van der Waals surface area contributed by atoms with Crippen LogP contribution in [-0.2, 0) is 9.47 Å². The van der Waals surface area contributed by atoms with E-state index in [1.165, 1.54) is 0 Å². The molecule has 9 heteroatoms. The number of hydrogen-bond donors (Lipinski definition) is 2. The third-order valence-corrected chi connectivity index (χ3v) is 5.10. The minimum atomic E-state index is -0.513. The van der Waals surface area contributed by atoms with Crippen LogP contribution in [0.1, 0.15) is 59.8 Å². The molecular formula is C20H37N5O4. The summed E-state index contributed by atoms with van der Waals surface area (Å²) in [5.41, 5.74) is 5.57. The van der Waals surface area contributed by atoms with Gasteiger partial charge in [-0.3, -0.25) is 4.99 Å². The molecule has 29 heavy (non-hydrogen) atoms. The first-order valence-corrected chi connectivity index (χ1v) is 10.7. The number of likely N-dealkylation sites (tertiary alicyclic amines) is 2. The maximum absolute atomic E-state index is 12.5. The molecule has 3 N–H and O–H groups in total. The number of amides is 2. The number of nitrogens with zero attached hydrogens (tertiary/aromatic N) is 3. The standard InChI is InChI=1S/C20H37N5O4/c1-5-28-18(26)24-12-9-15(10-13-24)23-17(21)22-14-16-8-6-7-11-25(16)19(27)29-20(2,3)4/h15-16H,5-14H2,1-4H3,(H3,21,22,23). The SMILES string of the molecule is CCOC(=O)N1CCC(NC(N)=NCC2CCCCN2C(=O)OC(C)(C)C)CC1. The molecule has 2 fully saturated rings. The molecule has 2 amide bonds. The molecule has 0 bridgehead atoms. The number of carbonyl (C=O) groups is 2. The fourth-order valence-electron chi connectivity index (χ4n) is 3.63. The van der Waals surface area contributed by atoms with Gasteiger partial charge in [0, 0.05) is 25.7 Å². The summed E-state index contributed by atoms with van der Waals surface area (Å²) in [6.45, 7) is 10.2. The first-order chi connectivity index (χ1) is 13.7. The van der Waals surface area contributed by atoms with Crippen molar-refractivity contribution in [2.75, 3.05) is 32.8 Å². The molecule has 1 unspecified atom stereocenters. The van der Waals surface area contributed by atoms with Gasteiger partial charge in [0.1, 0.15) is 5.60 Å². The molecule has 0 spiro atoms. The van der Waals surface area contributed by atoms with Crippen molar-refractivity contribution in [2.45, 2.75) is 77.5 Å². The number of hydrogen-bond acceptors (Lipinski definition) is 5. The molecule has 0 aromatic carbocycles. The van der Waals surface area contributed by atoms with Crippen LogP contribution in [0.15, 0.2) is 4.99 Å². The summed E-state index contributed by atoms with van der Waals surface area (Å²) in [5.74, 6) is 0.384. The summed E-state index contributed by atoms with van der Waals surface area (Å²) in [6.07, 6.45) is 3.99. The molecule has 166 valence electrons. The third-order valence-electron chi connectivity index (χ3n) is 5.10. The monoisotopic (exact) mass is 411 g/mol. The Balaban J connectivity index is 1.82. The summed E-state index contributed by atoms with van der Waals surface area (Å²) in [5, 5.41) is 3.25. The van der Waals surface area contributed by atoms with Gasteiger partial charge in [-0.1, -0.05) is 0 Å². The van der Waals surface area contributed by atoms with Crippen LogP contribution < -0.4 is 11.1 Å². The molecule has 0 radical (unpaired) electrons.